The molecule has 5 N–H and O–H groups in total. The second kappa shape index (κ2) is 8.66. The SMILES string of the molecule is CC(=O)Nc1cc(N)cc(C(=O)NCCCCCC(=O)O)c1. The summed E-state index contributed by atoms with van der Waals surface area (Å²) in [6.45, 7) is 1.84. The fourth-order valence-corrected chi connectivity index (χ4v) is 1.94. The molecule has 0 aromatic heterocycles. The molecular weight excluding hydrogens is 286 g/mol. The van der Waals surface area contributed by atoms with Crippen LogP contribution in [-0.2, 0) is 9.59 Å². The van der Waals surface area contributed by atoms with E-state index in [1.807, 2.05) is 0 Å². The van der Waals surface area contributed by atoms with Gasteiger partial charge in [0, 0.05) is 36.8 Å². The normalized spacial score (nSPS) is 10.0. The standard InChI is InChI=1S/C15H21N3O4/c1-10(19)18-13-8-11(7-12(16)9-13)15(22)17-6-4-2-3-5-14(20)21/h7-9H,2-6,16H2,1H3,(H,17,22)(H,18,19)(H,20,21). The van der Waals surface area contributed by atoms with E-state index >= 15 is 0 Å². The molecule has 1 aromatic rings. The summed E-state index contributed by atoms with van der Waals surface area (Å²) in [4.78, 5) is 33.4. The van der Waals surface area contributed by atoms with E-state index in [9.17, 15) is 14.4 Å². The van der Waals surface area contributed by atoms with E-state index in [-0.39, 0.29) is 18.2 Å². The summed E-state index contributed by atoms with van der Waals surface area (Å²) < 4.78 is 0. The number of nitrogens with one attached hydrogen (secondary N) is 2. The van der Waals surface area contributed by atoms with Crippen LogP contribution in [0.4, 0.5) is 11.4 Å². The number of unbranched alkanes of at least 4 members (excludes halogenated alkanes) is 2. The Labute approximate surface area is 128 Å². The highest BCUT2D eigenvalue weighted by atomic mass is 16.4. The van der Waals surface area contributed by atoms with Crippen LogP contribution in [0.5, 0.6) is 0 Å². The molecule has 0 bridgehead atoms. The number of aliphatic carboxylic acids is 1. The molecule has 120 valence electrons. The minimum atomic E-state index is -0.811. The molecule has 0 saturated heterocycles. The minimum Gasteiger partial charge on any atom is -0.481 e. The van der Waals surface area contributed by atoms with Crippen molar-refractivity contribution in [3.8, 4) is 0 Å². The first kappa shape index (κ1) is 17.5. The number of carboxylic acid groups (broad SMARTS) is 1. The molecule has 0 atom stereocenters. The number of nitrogens with two attached hydrogens (primary N) is 1. The number of anilines is 2. The maximum Gasteiger partial charge on any atom is 0.303 e. The number of carboxylic acids is 1. The Morgan fingerprint density at radius 1 is 1.14 bits per heavy atom. The molecule has 1 rings (SSSR count). The molecule has 2 amide bonds. The maximum atomic E-state index is 12.0. The van der Waals surface area contributed by atoms with Crippen LogP contribution in [0.2, 0.25) is 0 Å². The van der Waals surface area contributed by atoms with E-state index in [4.69, 9.17) is 10.8 Å². The molecule has 0 aliphatic rings. The Morgan fingerprint density at radius 3 is 2.50 bits per heavy atom. The van der Waals surface area contributed by atoms with Crippen LogP contribution in [-0.4, -0.2) is 29.4 Å². The lowest BCUT2D eigenvalue weighted by molar-refractivity contribution is -0.137. The fraction of sp³-hybridized carbons (Fsp3) is 0.400. The van der Waals surface area contributed by atoms with Crippen LogP contribution in [0, 0.1) is 0 Å². The van der Waals surface area contributed by atoms with Gasteiger partial charge in [0.2, 0.25) is 5.91 Å². The predicted molar refractivity (Wildman–Crippen MR) is 83.6 cm³/mol. The molecule has 1 aromatic carbocycles. The second-order valence-corrected chi connectivity index (χ2v) is 4.99. The zero-order valence-electron chi connectivity index (χ0n) is 12.5. The van der Waals surface area contributed by atoms with Gasteiger partial charge in [-0.25, -0.2) is 0 Å². The lowest BCUT2D eigenvalue weighted by Gasteiger charge is -2.09. The van der Waals surface area contributed by atoms with Gasteiger partial charge in [-0.15, -0.1) is 0 Å². The van der Waals surface area contributed by atoms with Crippen LogP contribution < -0.4 is 16.4 Å². The Balaban J connectivity index is 2.46. The number of nitrogen functional groups attached to an aromatic ring is 1. The lowest BCUT2D eigenvalue weighted by atomic mass is 10.1. The predicted octanol–water partition coefficient (Wildman–Crippen LogP) is 1.60. The number of hydrogen-bond acceptors (Lipinski definition) is 4. The maximum absolute atomic E-state index is 12.0. The summed E-state index contributed by atoms with van der Waals surface area (Å²) in [6, 6.07) is 4.66. The molecular formula is C15H21N3O4. The number of carbonyl (C=O) groups is 3. The van der Waals surface area contributed by atoms with E-state index in [2.05, 4.69) is 10.6 Å². The van der Waals surface area contributed by atoms with Crippen LogP contribution in [0.15, 0.2) is 18.2 Å². The zero-order valence-corrected chi connectivity index (χ0v) is 12.5. The van der Waals surface area contributed by atoms with E-state index in [1.165, 1.54) is 13.0 Å². The molecule has 0 fully saturated rings. The number of benzene rings is 1. The number of rotatable bonds is 8. The van der Waals surface area contributed by atoms with Crippen molar-refractivity contribution in [2.24, 2.45) is 0 Å². The number of hydrogen-bond donors (Lipinski definition) is 4. The van der Waals surface area contributed by atoms with Gasteiger partial charge in [-0.3, -0.25) is 14.4 Å². The van der Waals surface area contributed by atoms with Crippen LogP contribution in [0.3, 0.4) is 0 Å². The van der Waals surface area contributed by atoms with Gasteiger partial charge in [0.1, 0.15) is 0 Å². The van der Waals surface area contributed by atoms with E-state index < -0.39 is 5.97 Å². The van der Waals surface area contributed by atoms with Crippen molar-refractivity contribution in [1.82, 2.24) is 5.32 Å². The van der Waals surface area contributed by atoms with Crippen LogP contribution >= 0.6 is 0 Å². The van der Waals surface area contributed by atoms with Gasteiger partial charge in [0.15, 0.2) is 0 Å². The van der Waals surface area contributed by atoms with E-state index in [0.29, 0.717) is 36.3 Å². The minimum absolute atomic E-state index is 0.142. The topological polar surface area (TPSA) is 122 Å². The lowest BCUT2D eigenvalue weighted by Crippen LogP contribution is -2.24. The average molecular weight is 307 g/mol. The Bertz CT molecular complexity index is 558. The second-order valence-electron chi connectivity index (χ2n) is 4.99. The quantitative estimate of drug-likeness (QED) is 0.429. The Hall–Kier alpha value is -2.57. The third-order valence-electron chi connectivity index (χ3n) is 2.89. The summed E-state index contributed by atoms with van der Waals surface area (Å²) >= 11 is 0. The monoisotopic (exact) mass is 307 g/mol. The third-order valence-corrected chi connectivity index (χ3v) is 2.89. The summed E-state index contributed by atoms with van der Waals surface area (Å²) in [5.74, 6) is -1.33. The van der Waals surface area contributed by atoms with Crippen molar-refractivity contribution in [2.45, 2.75) is 32.6 Å². The summed E-state index contributed by atoms with van der Waals surface area (Å²) in [7, 11) is 0. The van der Waals surface area contributed by atoms with Gasteiger partial charge in [0.25, 0.3) is 5.91 Å². The summed E-state index contributed by atoms with van der Waals surface area (Å²) in [5, 5.41) is 13.8. The van der Waals surface area contributed by atoms with Gasteiger partial charge in [0.05, 0.1) is 0 Å². The molecule has 0 saturated carbocycles. The van der Waals surface area contributed by atoms with Gasteiger partial charge in [-0.1, -0.05) is 6.42 Å². The van der Waals surface area contributed by atoms with Crippen molar-refractivity contribution in [3.05, 3.63) is 23.8 Å². The van der Waals surface area contributed by atoms with Crippen molar-refractivity contribution in [2.75, 3.05) is 17.6 Å². The highest BCUT2D eigenvalue weighted by molar-refractivity contribution is 5.98. The van der Waals surface area contributed by atoms with Crippen molar-refractivity contribution >= 4 is 29.2 Å². The van der Waals surface area contributed by atoms with Crippen LogP contribution in [0.25, 0.3) is 0 Å². The first-order valence-corrected chi connectivity index (χ1v) is 7.06. The highest BCUT2D eigenvalue weighted by Crippen LogP contribution is 2.16. The average Bonchev–Trinajstić information content (AvgIpc) is 2.40. The number of carbonyl (C=O) groups excluding carboxylic acids is 2. The molecule has 0 unspecified atom stereocenters. The third kappa shape index (κ3) is 6.74. The molecule has 0 aliphatic heterocycles. The molecule has 0 heterocycles. The van der Waals surface area contributed by atoms with Crippen molar-refractivity contribution in [3.63, 3.8) is 0 Å². The van der Waals surface area contributed by atoms with Gasteiger partial charge >= 0.3 is 5.97 Å². The smallest absolute Gasteiger partial charge is 0.303 e. The fourth-order valence-electron chi connectivity index (χ4n) is 1.94. The first-order valence-electron chi connectivity index (χ1n) is 7.06. The molecule has 0 aliphatic carbocycles. The van der Waals surface area contributed by atoms with Crippen molar-refractivity contribution in [1.29, 1.82) is 0 Å². The molecule has 0 radical (unpaired) electrons. The molecule has 0 spiro atoms. The molecule has 22 heavy (non-hydrogen) atoms. The van der Waals surface area contributed by atoms with Crippen LogP contribution in [0.1, 0.15) is 43.0 Å². The van der Waals surface area contributed by atoms with Gasteiger partial charge in [-0.2, -0.15) is 0 Å². The Kier molecular flexibility index (Phi) is 6.88. The first-order chi connectivity index (χ1) is 10.4. The molecule has 7 nitrogen and oxygen atoms in total. The highest BCUT2D eigenvalue weighted by Gasteiger charge is 2.08. The largest absolute Gasteiger partial charge is 0.481 e. The van der Waals surface area contributed by atoms with Gasteiger partial charge in [-0.05, 0) is 31.0 Å². The van der Waals surface area contributed by atoms with E-state index in [0.717, 1.165) is 6.42 Å². The summed E-state index contributed by atoms with van der Waals surface area (Å²) in [6.07, 6.45) is 2.18. The Morgan fingerprint density at radius 2 is 1.86 bits per heavy atom. The van der Waals surface area contributed by atoms with Crippen molar-refractivity contribution < 1.29 is 19.5 Å². The summed E-state index contributed by atoms with van der Waals surface area (Å²) in [5.41, 5.74) is 6.94. The van der Waals surface area contributed by atoms with E-state index in [1.54, 1.807) is 12.1 Å². The van der Waals surface area contributed by atoms with Gasteiger partial charge < -0.3 is 21.5 Å². The zero-order chi connectivity index (χ0) is 16.5. The number of amides is 2. The molecule has 7 heteroatoms.